The van der Waals surface area contributed by atoms with Gasteiger partial charge in [-0.05, 0) is 34.6 Å². The number of nitrogens with one attached hydrogen (secondary N) is 2. The molecule has 0 saturated heterocycles. The summed E-state index contributed by atoms with van der Waals surface area (Å²) in [6.07, 6.45) is 3.62. The van der Waals surface area contributed by atoms with Gasteiger partial charge in [0.1, 0.15) is 6.04 Å². The van der Waals surface area contributed by atoms with Gasteiger partial charge in [0, 0.05) is 18.3 Å². The Labute approximate surface area is 103 Å². The van der Waals surface area contributed by atoms with E-state index in [1.54, 1.807) is 6.20 Å². The van der Waals surface area contributed by atoms with Crippen LogP contribution in [0.2, 0.25) is 0 Å². The average molecular weight is 238 g/mol. The van der Waals surface area contributed by atoms with E-state index >= 15 is 0 Å². The van der Waals surface area contributed by atoms with Crippen LogP contribution in [0.4, 0.5) is 5.69 Å². The van der Waals surface area contributed by atoms with Gasteiger partial charge in [0.25, 0.3) is 0 Å². The molecule has 5 heteroatoms. The standard InChI is InChI=1S/C12H22N4O/c1-6-16-8-10(7-13-16)14-9(2)11(17)15-12(3,4)5/h7-9,14H,6H2,1-5H3,(H,15,17). The third kappa shape index (κ3) is 4.46. The summed E-state index contributed by atoms with van der Waals surface area (Å²) in [6, 6.07) is -0.274. The van der Waals surface area contributed by atoms with Crippen LogP contribution in [0.3, 0.4) is 0 Å². The molecule has 5 nitrogen and oxygen atoms in total. The van der Waals surface area contributed by atoms with Crippen molar-refractivity contribution in [2.45, 2.75) is 52.7 Å². The van der Waals surface area contributed by atoms with Crippen LogP contribution < -0.4 is 10.6 Å². The molecule has 1 aromatic heterocycles. The largest absolute Gasteiger partial charge is 0.371 e. The number of aryl methyl sites for hydroxylation is 1. The lowest BCUT2D eigenvalue weighted by atomic mass is 10.1. The number of carbonyl (C=O) groups excluding carboxylic acids is 1. The Kier molecular flexibility index (Phi) is 4.15. The molecule has 0 spiro atoms. The van der Waals surface area contributed by atoms with Gasteiger partial charge in [-0.2, -0.15) is 5.10 Å². The molecule has 1 aromatic rings. The molecule has 1 amide bonds. The van der Waals surface area contributed by atoms with Gasteiger partial charge in [0.2, 0.25) is 5.91 Å². The minimum atomic E-state index is -0.274. The first-order valence-electron chi connectivity index (χ1n) is 5.93. The van der Waals surface area contributed by atoms with Crippen molar-refractivity contribution in [3.63, 3.8) is 0 Å². The Balaban J connectivity index is 2.54. The van der Waals surface area contributed by atoms with Crippen LogP contribution >= 0.6 is 0 Å². The summed E-state index contributed by atoms with van der Waals surface area (Å²) in [5.74, 6) is -0.0123. The van der Waals surface area contributed by atoms with Crippen LogP contribution in [-0.2, 0) is 11.3 Å². The van der Waals surface area contributed by atoms with Gasteiger partial charge in [0.15, 0.2) is 0 Å². The van der Waals surface area contributed by atoms with E-state index in [1.807, 2.05) is 45.5 Å². The highest BCUT2D eigenvalue weighted by molar-refractivity contribution is 5.84. The molecule has 2 N–H and O–H groups in total. The highest BCUT2D eigenvalue weighted by atomic mass is 16.2. The molecule has 0 aliphatic heterocycles. The van der Waals surface area contributed by atoms with Crippen LogP contribution in [0.5, 0.6) is 0 Å². The van der Waals surface area contributed by atoms with E-state index in [0.717, 1.165) is 12.2 Å². The summed E-state index contributed by atoms with van der Waals surface area (Å²) in [5.41, 5.74) is 0.657. The Hall–Kier alpha value is -1.52. The van der Waals surface area contributed by atoms with Gasteiger partial charge in [-0.15, -0.1) is 0 Å². The lowest BCUT2D eigenvalue weighted by molar-refractivity contribution is -0.122. The fraction of sp³-hybridized carbons (Fsp3) is 0.667. The van der Waals surface area contributed by atoms with Gasteiger partial charge in [-0.25, -0.2) is 0 Å². The number of rotatable bonds is 4. The van der Waals surface area contributed by atoms with Gasteiger partial charge in [-0.3, -0.25) is 9.48 Å². The van der Waals surface area contributed by atoms with Crippen LogP contribution in [0, 0.1) is 0 Å². The lowest BCUT2D eigenvalue weighted by Gasteiger charge is -2.23. The van der Waals surface area contributed by atoms with Crippen LogP contribution in [-0.4, -0.2) is 27.3 Å². The summed E-state index contributed by atoms with van der Waals surface area (Å²) in [5, 5.41) is 10.2. The maximum Gasteiger partial charge on any atom is 0.242 e. The predicted octanol–water partition coefficient (Wildman–Crippen LogP) is 1.62. The molecule has 0 saturated carbocycles. The molecule has 1 heterocycles. The third-order valence-corrected chi connectivity index (χ3v) is 2.23. The van der Waals surface area contributed by atoms with E-state index in [2.05, 4.69) is 15.7 Å². The number of aromatic nitrogens is 2. The second-order valence-electron chi connectivity index (χ2n) is 5.19. The Morgan fingerprint density at radius 2 is 2.18 bits per heavy atom. The first-order valence-corrected chi connectivity index (χ1v) is 5.93. The van der Waals surface area contributed by atoms with Crippen molar-refractivity contribution in [3.8, 4) is 0 Å². The van der Waals surface area contributed by atoms with Crippen molar-refractivity contribution >= 4 is 11.6 Å². The fourth-order valence-corrected chi connectivity index (χ4v) is 1.40. The SMILES string of the molecule is CCn1cc(NC(C)C(=O)NC(C)(C)C)cn1. The Morgan fingerprint density at radius 3 is 2.65 bits per heavy atom. The number of amides is 1. The number of nitrogens with zero attached hydrogens (tertiary/aromatic N) is 2. The van der Waals surface area contributed by atoms with Gasteiger partial charge in [-0.1, -0.05) is 0 Å². The van der Waals surface area contributed by atoms with Gasteiger partial charge in [0.05, 0.1) is 11.9 Å². The highest BCUT2D eigenvalue weighted by Crippen LogP contribution is 2.07. The molecule has 96 valence electrons. The average Bonchev–Trinajstić information content (AvgIpc) is 2.62. The molecule has 1 unspecified atom stereocenters. The molecule has 0 bridgehead atoms. The van der Waals surface area contributed by atoms with Crippen LogP contribution in [0.25, 0.3) is 0 Å². The quantitative estimate of drug-likeness (QED) is 0.838. The van der Waals surface area contributed by atoms with E-state index in [0.29, 0.717) is 0 Å². The molecule has 0 fully saturated rings. The summed E-state index contributed by atoms with van der Waals surface area (Å²) in [7, 11) is 0. The molecule has 0 radical (unpaired) electrons. The predicted molar refractivity (Wildman–Crippen MR) is 68.9 cm³/mol. The lowest BCUT2D eigenvalue weighted by Crippen LogP contribution is -2.47. The first kappa shape index (κ1) is 13.5. The normalized spacial score (nSPS) is 13.2. The third-order valence-electron chi connectivity index (χ3n) is 2.23. The molecule has 0 aliphatic rings. The topological polar surface area (TPSA) is 59.0 Å². The smallest absolute Gasteiger partial charge is 0.242 e. The van der Waals surface area contributed by atoms with Crippen molar-refractivity contribution in [2.75, 3.05) is 5.32 Å². The maximum atomic E-state index is 11.8. The zero-order valence-electron chi connectivity index (χ0n) is 11.2. The van der Waals surface area contributed by atoms with E-state index in [9.17, 15) is 4.79 Å². The number of carbonyl (C=O) groups is 1. The summed E-state index contributed by atoms with van der Waals surface area (Å²) < 4.78 is 1.82. The first-order chi connectivity index (χ1) is 7.81. The molecule has 17 heavy (non-hydrogen) atoms. The summed E-state index contributed by atoms with van der Waals surface area (Å²) >= 11 is 0. The van der Waals surface area contributed by atoms with E-state index in [-0.39, 0.29) is 17.5 Å². The number of hydrogen-bond acceptors (Lipinski definition) is 3. The van der Waals surface area contributed by atoms with Crippen LogP contribution in [0.1, 0.15) is 34.6 Å². The number of anilines is 1. The number of hydrogen-bond donors (Lipinski definition) is 2. The molecular weight excluding hydrogens is 216 g/mol. The van der Waals surface area contributed by atoms with E-state index < -0.39 is 0 Å². The second kappa shape index (κ2) is 5.21. The molecular formula is C12H22N4O. The Bertz CT molecular complexity index is 378. The van der Waals surface area contributed by atoms with Crippen molar-refractivity contribution in [3.05, 3.63) is 12.4 Å². The van der Waals surface area contributed by atoms with Crippen molar-refractivity contribution in [1.82, 2.24) is 15.1 Å². The fourth-order valence-electron chi connectivity index (χ4n) is 1.40. The van der Waals surface area contributed by atoms with Gasteiger partial charge < -0.3 is 10.6 Å². The minimum absolute atomic E-state index is 0.0123. The van der Waals surface area contributed by atoms with Crippen molar-refractivity contribution < 1.29 is 4.79 Å². The molecule has 1 rings (SSSR count). The van der Waals surface area contributed by atoms with Crippen molar-refractivity contribution in [2.24, 2.45) is 0 Å². The minimum Gasteiger partial charge on any atom is -0.371 e. The monoisotopic (exact) mass is 238 g/mol. The summed E-state index contributed by atoms with van der Waals surface area (Å²) in [4.78, 5) is 11.8. The highest BCUT2D eigenvalue weighted by Gasteiger charge is 2.19. The second-order valence-corrected chi connectivity index (χ2v) is 5.19. The van der Waals surface area contributed by atoms with E-state index in [4.69, 9.17) is 0 Å². The van der Waals surface area contributed by atoms with Crippen LogP contribution in [0.15, 0.2) is 12.4 Å². The zero-order chi connectivity index (χ0) is 13.1. The summed E-state index contributed by atoms with van der Waals surface area (Å²) in [6.45, 7) is 10.6. The zero-order valence-corrected chi connectivity index (χ0v) is 11.2. The molecule has 1 atom stereocenters. The van der Waals surface area contributed by atoms with Gasteiger partial charge >= 0.3 is 0 Å². The van der Waals surface area contributed by atoms with Crippen molar-refractivity contribution in [1.29, 1.82) is 0 Å². The van der Waals surface area contributed by atoms with E-state index in [1.165, 1.54) is 0 Å². The Morgan fingerprint density at radius 1 is 1.53 bits per heavy atom. The molecule has 0 aromatic carbocycles. The maximum absolute atomic E-state index is 11.8. The molecule has 0 aliphatic carbocycles.